The van der Waals surface area contributed by atoms with Gasteiger partial charge in [0.1, 0.15) is 12.4 Å². The van der Waals surface area contributed by atoms with Gasteiger partial charge in [0.15, 0.2) is 0 Å². The number of hydrogen-bond acceptors (Lipinski definition) is 3. The summed E-state index contributed by atoms with van der Waals surface area (Å²) in [6.07, 6.45) is -2.96. The molecule has 0 amide bonds. The van der Waals surface area contributed by atoms with Crippen LogP contribution in [0.2, 0.25) is 0 Å². The Bertz CT molecular complexity index is 285. The van der Waals surface area contributed by atoms with Crippen LogP contribution in [0.3, 0.4) is 0 Å². The topological polar surface area (TPSA) is 34.4 Å². The minimum Gasteiger partial charge on any atom is -0.467 e. The van der Waals surface area contributed by atoms with Gasteiger partial charge in [-0.05, 0) is 19.1 Å². The van der Waals surface area contributed by atoms with Crippen molar-refractivity contribution < 1.29 is 22.3 Å². The maximum Gasteiger partial charge on any atom is 0.401 e. The molecule has 0 aliphatic carbocycles. The Balaban J connectivity index is 2.09. The fourth-order valence-corrected chi connectivity index (χ4v) is 1.10. The molecule has 0 aromatic carbocycles. The van der Waals surface area contributed by atoms with Crippen LogP contribution in [0.1, 0.15) is 12.7 Å². The molecule has 0 spiro atoms. The number of hydrogen-bond donors (Lipinski definition) is 1. The number of rotatable bonds is 6. The fourth-order valence-electron chi connectivity index (χ4n) is 1.10. The molecular formula is C10H14F3NO2. The predicted molar refractivity (Wildman–Crippen MR) is 51.9 cm³/mol. The van der Waals surface area contributed by atoms with Crippen LogP contribution in [0.15, 0.2) is 22.8 Å². The molecule has 3 nitrogen and oxygen atoms in total. The average Bonchev–Trinajstić information content (AvgIpc) is 2.65. The van der Waals surface area contributed by atoms with E-state index in [9.17, 15) is 13.2 Å². The molecule has 92 valence electrons. The number of ether oxygens (including phenoxy) is 1. The quantitative estimate of drug-likeness (QED) is 0.824. The van der Waals surface area contributed by atoms with Gasteiger partial charge in [0.05, 0.1) is 18.9 Å². The standard InChI is InChI=1S/C10H14F3NO2/c1-8(5-14-7-10(11,12)13)16-6-9-3-2-4-15-9/h2-4,8,14H,5-7H2,1H3. The molecule has 0 aliphatic rings. The molecule has 1 heterocycles. The van der Waals surface area contributed by atoms with Crippen molar-refractivity contribution in [3.05, 3.63) is 24.2 Å². The first-order valence-electron chi connectivity index (χ1n) is 4.89. The minimum absolute atomic E-state index is 0.153. The lowest BCUT2D eigenvalue weighted by atomic mass is 10.4. The van der Waals surface area contributed by atoms with Crippen molar-refractivity contribution in [2.24, 2.45) is 0 Å². The highest BCUT2D eigenvalue weighted by atomic mass is 19.4. The van der Waals surface area contributed by atoms with E-state index < -0.39 is 12.7 Å². The molecule has 1 aromatic heterocycles. The van der Waals surface area contributed by atoms with Crippen molar-refractivity contribution in [1.82, 2.24) is 5.32 Å². The second-order valence-corrected chi connectivity index (χ2v) is 3.45. The van der Waals surface area contributed by atoms with Crippen molar-refractivity contribution in [3.63, 3.8) is 0 Å². The van der Waals surface area contributed by atoms with Crippen LogP contribution in [-0.2, 0) is 11.3 Å². The molecule has 0 saturated heterocycles. The normalized spacial score (nSPS) is 14.0. The molecule has 16 heavy (non-hydrogen) atoms. The molecule has 1 N–H and O–H groups in total. The molecule has 1 aromatic rings. The summed E-state index contributed by atoms with van der Waals surface area (Å²) in [5.41, 5.74) is 0. The van der Waals surface area contributed by atoms with Gasteiger partial charge in [-0.3, -0.25) is 0 Å². The van der Waals surface area contributed by atoms with Crippen molar-refractivity contribution in [2.75, 3.05) is 13.1 Å². The van der Waals surface area contributed by atoms with Crippen LogP contribution in [0.4, 0.5) is 13.2 Å². The van der Waals surface area contributed by atoms with Gasteiger partial charge in [0, 0.05) is 6.54 Å². The Labute approximate surface area is 91.6 Å². The van der Waals surface area contributed by atoms with E-state index in [0.717, 1.165) is 0 Å². The number of halogens is 3. The number of alkyl halides is 3. The van der Waals surface area contributed by atoms with Gasteiger partial charge in [0.2, 0.25) is 0 Å². The first kappa shape index (κ1) is 13.1. The monoisotopic (exact) mass is 237 g/mol. The van der Waals surface area contributed by atoms with E-state index in [0.29, 0.717) is 5.76 Å². The molecular weight excluding hydrogens is 223 g/mol. The van der Waals surface area contributed by atoms with Crippen molar-refractivity contribution in [2.45, 2.75) is 25.8 Å². The molecule has 1 rings (SSSR count). The van der Waals surface area contributed by atoms with Gasteiger partial charge in [-0.1, -0.05) is 0 Å². The van der Waals surface area contributed by atoms with Crippen molar-refractivity contribution in [3.8, 4) is 0 Å². The summed E-state index contributed by atoms with van der Waals surface area (Å²) in [7, 11) is 0. The second kappa shape index (κ2) is 5.91. The smallest absolute Gasteiger partial charge is 0.401 e. The molecule has 1 unspecified atom stereocenters. The summed E-state index contributed by atoms with van der Waals surface area (Å²) < 4.78 is 45.7. The van der Waals surface area contributed by atoms with Gasteiger partial charge < -0.3 is 14.5 Å². The minimum atomic E-state index is -4.18. The third-order valence-electron chi connectivity index (χ3n) is 1.85. The Kier molecular flexibility index (Phi) is 4.82. The fraction of sp³-hybridized carbons (Fsp3) is 0.600. The van der Waals surface area contributed by atoms with Gasteiger partial charge in [-0.15, -0.1) is 0 Å². The third-order valence-corrected chi connectivity index (χ3v) is 1.85. The van der Waals surface area contributed by atoms with Crippen molar-refractivity contribution >= 4 is 0 Å². The van der Waals surface area contributed by atoms with Gasteiger partial charge in [0.25, 0.3) is 0 Å². The molecule has 0 bridgehead atoms. The zero-order valence-electron chi connectivity index (χ0n) is 8.88. The van der Waals surface area contributed by atoms with Gasteiger partial charge in [-0.25, -0.2) is 0 Å². The van der Waals surface area contributed by atoms with E-state index >= 15 is 0 Å². The summed E-state index contributed by atoms with van der Waals surface area (Å²) in [5.74, 6) is 0.655. The Hall–Kier alpha value is -1.01. The van der Waals surface area contributed by atoms with E-state index in [2.05, 4.69) is 5.32 Å². The maximum atomic E-state index is 11.8. The average molecular weight is 237 g/mol. The Morgan fingerprint density at radius 2 is 2.25 bits per heavy atom. The summed E-state index contributed by atoms with van der Waals surface area (Å²) >= 11 is 0. The highest BCUT2D eigenvalue weighted by molar-refractivity contribution is 4.96. The Morgan fingerprint density at radius 1 is 1.50 bits per heavy atom. The van der Waals surface area contributed by atoms with Crippen molar-refractivity contribution in [1.29, 1.82) is 0 Å². The second-order valence-electron chi connectivity index (χ2n) is 3.45. The number of nitrogens with one attached hydrogen (secondary N) is 1. The molecule has 0 aliphatic heterocycles. The largest absolute Gasteiger partial charge is 0.467 e. The van der Waals surface area contributed by atoms with Crippen LogP contribution < -0.4 is 5.32 Å². The van der Waals surface area contributed by atoms with E-state index in [1.807, 2.05) is 0 Å². The lowest BCUT2D eigenvalue weighted by Crippen LogP contribution is -2.34. The van der Waals surface area contributed by atoms with E-state index in [4.69, 9.17) is 9.15 Å². The summed E-state index contributed by atoms with van der Waals surface area (Å²) in [6, 6.07) is 3.47. The highest BCUT2D eigenvalue weighted by Crippen LogP contribution is 2.12. The van der Waals surface area contributed by atoms with Gasteiger partial charge >= 0.3 is 6.18 Å². The zero-order valence-corrected chi connectivity index (χ0v) is 8.88. The van der Waals surface area contributed by atoms with E-state index in [1.165, 1.54) is 6.26 Å². The van der Waals surface area contributed by atoms with Crippen LogP contribution in [-0.4, -0.2) is 25.4 Å². The summed E-state index contributed by atoms with van der Waals surface area (Å²) in [4.78, 5) is 0. The summed E-state index contributed by atoms with van der Waals surface area (Å²) in [5, 5.41) is 2.27. The van der Waals surface area contributed by atoms with Crippen LogP contribution >= 0.6 is 0 Å². The van der Waals surface area contributed by atoms with Crippen LogP contribution in [0, 0.1) is 0 Å². The van der Waals surface area contributed by atoms with Crippen LogP contribution in [0.5, 0.6) is 0 Å². The Morgan fingerprint density at radius 3 is 2.81 bits per heavy atom. The lowest BCUT2D eigenvalue weighted by molar-refractivity contribution is -0.125. The molecule has 6 heteroatoms. The summed E-state index contributed by atoms with van der Waals surface area (Å²) in [6.45, 7) is 1.12. The predicted octanol–water partition coefficient (Wildman–Crippen LogP) is 2.34. The maximum absolute atomic E-state index is 11.8. The van der Waals surface area contributed by atoms with E-state index in [-0.39, 0.29) is 19.3 Å². The molecule has 0 saturated carbocycles. The molecule has 1 atom stereocenters. The number of furan rings is 1. The molecule has 0 fully saturated rings. The first-order valence-corrected chi connectivity index (χ1v) is 4.89. The van der Waals surface area contributed by atoms with E-state index in [1.54, 1.807) is 19.1 Å². The van der Waals surface area contributed by atoms with Gasteiger partial charge in [-0.2, -0.15) is 13.2 Å². The zero-order chi connectivity index (χ0) is 12.0. The highest BCUT2D eigenvalue weighted by Gasteiger charge is 2.26. The SMILES string of the molecule is CC(CNCC(F)(F)F)OCc1ccco1. The van der Waals surface area contributed by atoms with Crippen LogP contribution in [0.25, 0.3) is 0 Å². The third kappa shape index (κ3) is 5.77. The first-order chi connectivity index (χ1) is 7.47. The lowest BCUT2D eigenvalue weighted by Gasteiger charge is -2.14. The molecule has 0 radical (unpaired) electrons.